The molecule has 2 atom stereocenters. The van der Waals surface area contributed by atoms with Gasteiger partial charge in [0, 0.05) is 18.3 Å². The molecule has 0 radical (unpaired) electrons. The highest BCUT2D eigenvalue weighted by molar-refractivity contribution is 5.80. The molecule has 0 spiro atoms. The van der Waals surface area contributed by atoms with E-state index in [2.05, 4.69) is 5.92 Å². The Kier molecular flexibility index (Phi) is 1.72. The summed E-state index contributed by atoms with van der Waals surface area (Å²) in [5, 5.41) is 0. The zero-order valence-electron chi connectivity index (χ0n) is 7.31. The maximum atomic E-state index is 11.3. The van der Waals surface area contributed by atoms with E-state index in [-0.39, 0.29) is 5.41 Å². The van der Waals surface area contributed by atoms with Crippen molar-refractivity contribution < 1.29 is 4.79 Å². The predicted octanol–water partition coefficient (Wildman–Crippen LogP) is 2.16. The Balaban J connectivity index is 2.25. The van der Waals surface area contributed by atoms with E-state index in [4.69, 9.17) is 6.42 Å². The zero-order valence-corrected chi connectivity index (χ0v) is 7.31. The van der Waals surface area contributed by atoms with Crippen LogP contribution in [0.2, 0.25) is 0 Å². The minimum absolute atomic E-state index is 0.0185. The molecule has 0 heterocycles. The molecule has 0 aromatic rings. The van der Waals surface area contributed by atoms with Gasteiger partial charge in [0.25, 0.3) is 0 Å². The maximum absolute atomic E-state index is 11.3. The minimum atomic E-state index is -0.0185. The highest BCUT2D eigenvalue weighted by atomic mass is 16.1. The van der Waals surface area contributed by atoms with Crippen LogP contribution in [0.25, 0.3) is 0 Å². The molecule has 12 heavy (non-hydrogen) atoms. The van der Waals surface area contributed by atoms with Crippen LogP contribution in [-0.4, -0.2) is 5.78 Å². The van der Waals surface area contributed by atoms with Crippen LogP contribution in [0, 0.1) is 23.7 Å². The normalized spacial score (nSPS) is 40.6. The molecule has 2 saturated carbocycles. The van der Waals surface area contributed by atoms with Crippen molar-refractivity contribution in [2.75, 3.05) is 0 Å². The Morgan fingerprint density at radius 3 is 3.08 bits per heavy atom. The van der Waals surface area contributed by atoms with Crippen LogP contribution in [0.3, 0.4) is 0 Å². The van der Waals surface area contributed by atoms with Crippen molar-refractivity contribution >= 4 is 5.78 Å². The lowest BCUT2D eigenvalue weighted by Gasteiger charge is -2.33. The lowest BCUT2D eigenvalue weighted by atomic mass is 9.68. The Morgan fingerprint density at radius 2 is 2.33 bits per heavy atom. The summed E-state index contributed by atoms with van der Waals surface area (Å²) in [5.41, 5.74) is -0.0185. The van der Waals surface area contributed by atoms with E-state index in [0.717, 1.165) is 19.3 Å². The Morgan fingerprint density at radius 1 is 1.50 bits per heavy atom. The second-order valence-electron chi connectivity index (χ2n) is 4.14. The van der Waals surface area contributed by atoms with E-state index in [1.807, 2.05) is 0 Å². The summed E-state index contributed by atoms with van der Waals surface area (Å²) in [7, 11) is 0. The number of hydrogen-bond acceptors (Lipinski definition) is 1. The fourth-order valence-corrected chi connectivity index (χ4v) is 2.81. The van der Waals surface area contributed by atoms with Crippen molar-refractivity contribution in [3.05, 3.63) is 0 Å². The first kappa shape index (κ1) is 7.86. The Bertz CT molecular complexity index is 248. The van der Waals surface area contributed by atoms with Gasteiger partial charge in [0.05, 0.1) is 0 Å². The molecular weight excluding hydrogens is 148 g/mol. The van der Waals surface area contributed by atoms with Gasteiger partial charge >= 0.3 is 0 Å². The van der Waals surface area contributed by atoms with Crippen LogP contribution in [-0.2, 0) is 4.79 Å². The molecule has 2 aliphatic rings. The van der Waals surface area contributed by atoms with Gasteiger partial charge in [-0.3, -0.25) is 4.79 Å². The van der Waals surface area contributed by atoms with Gasteiger partial charge in [0.2, 0.25) is 0 Å². The third-order valence-corrected chi connectivity index (χ3v) is 3.53. The summed E-state index contributed by atoms with van der Waals surface area (Å²) in [6.45, 7) is 0. The third-order valence-electron chi connectivity index (χ3n) is 3.53. The zero-order chi connectivity index (χ0) is 8.60. The molecule has 0 N–H and O–H groups in total. The Hall–Kier alpha value is -0.770. The highest BCUT2D eigenvalue weighted by Gasteiger charge is 2.45. The lowest BCUT2D eigenvalue weighted by Crippen LogP contribution is -2.31. The van der Waals surface area contributed by atoms with Crippen LogP contribution in [0.15, 0.2) is 0 Å². The molecule has 0 unspecified atom stereocenters. The summed E-state index contributed by atoms with van der Waals surface area (Å²) in [5.74, 6) is 3.92. The van der Waals surface area contributed by atoms with Gasteiger partial charge in [-0.05, 0) is 25.2 Å². The molecule has 0 bridgehead atoms. The molecule has 2 fully saturated rings. The topological polar surface area (TPSA) is 17.1 Å². The minimum Gasteiger partial charge on any atom is -0.300 e. The fraction of sp³-hybridized carbons (Fsp3) is 0.727. The van der Waals surface area contributed by atoms with E-state index < -0.39 is 0 Å². The van der Waals surface area contributed by atoms with Crippen LogP contribution < -0.4 is 0 Å². The molecule has 2 aliphatic carbocycles. The van der Waals surface area contributed by atoms with Crippen molar-refractivity contribution in [2.24, 2.45) is 11.3 Å². The van der Waals surface area contributed by atoms with Crippen molar-refractivity contribution in [1.29, 1.82) is 0 Å². The van der Waals surface area contributed by atoms with Gasteiger partial charge in [-0.25, -0.2) is 0 Å². The number of hydrogen-bond donors (Lipinski definition) is 0. The van der Waals surface area contributed by atoms with Gasteiger partial charge in [-0.1, -0.05) is 12.3 Å². The maximum Gasteiger partial charge on any atom is 0.134 e. The number of carbonyl (C=O) groups is 1. The SMILES string of the molecule is C#C[C@@]12CCC[C@@H]1CCC(=O)C2. The predicted molar refractivity (Wildman–Crippen MR) is 47.5 cm³/mol. The number of carbonyl (C=O) groups excluding carboxylic acids is 1. The van der Waals surface area contributed by atoms with Crippen molar-refractivity contribution in [3.63, 3.8) is 0 Å². The van der Waals surface area contributed by atoms with Crippen LogP contribution in [0.5, 0.6) is 0 Å². The van der Waals surface area contributed by atoms with Gasteiger partial charge < -0.3 is 0 Å². The standard InChI is InChI=1S/C11H14O/c1-2-11-7-3-4-9(11)5-6-10(12)8-11/h1,9H,3-8H2/t9-,11+/m1/s1. The number of terminal acetylenes is 1. The Labute approximate surface area is 73.5 Å². The molecule has 2 rings (SSSR count). The second-order valence-corrected chi connectivity index (χ2v) is 4.14. The van der Waals surface area contributed by atoms with Gasteiger partial charge in [-0.15, -0.1) is 6.42 Å². The number of Topliss-reactive ketones (excluding diaryl/α,β-unsaturated/α-hetero) is 1. The molecular formula is C11H14O. The molecule has 0 aliphatic heterocycles. The van der Waals surface area contributed by atoms with Crippen molar-refractivity contribution in [3.8, 4) is 12.3 Å². The van der Waals surface area contributed by atoms with E-state index in [0.29, 0.717) is 18.1 Å². The smallest absolute Gasteiger partial charge is 0.134 e. The monoisotopic (exact) mass is 162 g/mol. The average Bonchev–Trinajstić information content (AvgIpc) is 2.47. The molecule has 64 valence electrons. The number of ketones is 1. The van der Waals surface area contributed by atoms with Gasteiger partial charge in [0.15, 0.2) is 0 Å². The summed E-state index contributed by atoms with van der Waals surface area (Å²) < 4.78 is 0. The van der Waals surface area contributed by atoms with E-state index in [9.17, 15) is 4.79 Å². The van der Waals surface area contributed by atoms with Crippen LogP contribution >= 0.6 is 0 Å². The van der Waals surface area contributed by atoms with Gasteiger partial charge in [0.1, 0.15) is 5.78 Å². The first-order valence-electron chi connectivity index (χ1n) is 4.76. The summed E-state index contributed by atoms with van der Waals surface area (Å²) in [6.07, 6.45) is 11.6. The summed E-state index contributed by atoms with van der Waals surface area (Å²) in [4.78, 5) is 11.3. The largest absolute Gasteiger partial charge is 0.300 e. The van der Waals surface area contributed by atoms with Crippen molar-refractivity contribution in [1.82, 2.24) is 0 Å². The van der Waals surface area contributed by atoms with E-state index in [1.165, 1.54) is 12.8 Å². The number of rotatable bonds is 0. The van der Waals surface area contributed by atoms with Gasteiger partial charge in [-0.2, -0.15) is 0 Å². The first-order valence-corrected chi connectivity index (χ1v) is 4.76. The highest BCUT2D eigenvalue weighted by Crippen LogP contribution is 2.50. The number of fused-ring (bicyclic) bond motifs is 1. The molecule has 0 aromatic heterocycles. The molecule has 0 aromatic carbocycles. The second kappa shape index (κ2) is 2.62. The molecule has 0 amide bonds. The molecule has 0 saturated heterocycles. The lowest BCUT2D eigenvalue weighted by molar-refractivity contribution is -0.123. The van der Waals surface area contributed by atoms with Crippen LogP contribution in [0.4, 0.5) is 0 Å². The van der Waals surface area contributed by atoms with Crippen molar-refractivity contribution in [2.45, 2.75) is 38.5 Å². The van der Waals surface area contributed by atoms with E-state index in [1.54, 1.807) is 0 Å². The molecule has 1 nitrogen and oxygen atoms in total. The molecule has 1 heteroatoms. The first-order chi connectivity index (χ1) is 5.77. The quantitative estimate of drug-likeness (QED) is 0.499. The summed E-state index contributed by atoms with van der Waals surface area (Å²) in [6, 6.07) is 0. The average molecular weight is 162 g/mol. The fourth-order valence-electron chi connectivity index (χ4n) is 2.81. The van der Waals surface area contributed by atoms with E-state index >= 15 is 0 Å². The third kappa shape index (κ3) is 0.982. The van der Waals surface area contributed by atoms with Crippen LogP contribution in [0.1, 0.15) is 38.5 Å². The summed E-state index contributed by atoms with van der Waals surface area (Å²) >= 11 is 0.